The summed E-state index contributed by atoms with van der Waals surface area (Å²) in [4.78, 5) is 22.0. The summed E-state index contributed by atoms with van der Waals surface area (Å²) in [5.74, 6) is 0.482. The molecule has 1 fully saturated rings. The van der Waals surface area contributed by atoms with Gasteiger partial charge in [-0.2, -0.15) is 4.98 Å². The van der Waals surface area contributed by atoms with Crippen LogP contribution in [-0.4, -0.2) is 46.3 Å². The van der Waals surface area contributed by atoms with Crippen LogP contribution in [0.4, 0.5) is 4.79 Å². The highest BCUT2D eigenvalue weighted by Crippen LogP contribution is 2.23. The third-order valence-corrected chi connectivity index (χ3v) is 3.97. The van der Waals surface area contributed by atoms with E-state index in [1.165, 1.54) is 0 Å². The molecule has 1 aromatic heterocycles. The maximum absolute atomic E-state index is 12.2. The van der Waals surface area contributed by atoms with Crippen LogP contribution in [0.5, 0.6) is 6.01 Å². The number of hydrogen-bond acceptors (Lipinski definition) is 5. The minimum absolute atomic E-state index is 0.212. The third-order valence-electron chi connectivity index (χ3n) is 3.76. The van der Waals surface area contributed by atoms with Crippen LogP contribution in [0.25, 0.3) is 0 Å². The van der Waals surface area contributed by atoms with Crippen molar-refractivity contribution in [3.63, 3.8) is 0 Å². The Morgan fingerprint density at radius 1 is 1.46 bits per heavy atom. The highest BCUT2D eigenvalue weighted by Gasteiger charge is 2.27. The number of piperidine rings is 1. The molecule has 0 radical (unpaired) electrons. The largest absolute Gasteiger partial charge is 0.463 e. The number of hydrogen-bond donors (Lipinski definition) is 0. The van der Waals surface area contributed by atoms with E-state index in [2.05, 4.69) is 9.97 Å². The quantitative estimate of drug-likeness (QED) is 0.591. The number of rotatable bonds is 5. The molecule has 0 unspecified atom stereocenters. The van der Waals surface area contributed by atoms with E-state index in [1.54, 1.807) is 12.3 Å². The molecule has 0 saturated carbocycles. The van der Waals surface area contributed by atoms with E-state index in [0.29, 0.717) is 23.7 Å². The number of ether oxygens (including phenoxy) is 2. The molecule has 0 aromatic carbocycles. The van der Waals surface area contributed by atoms with Gasteiger partial charge in [-0.15, -0.1) is 0 Å². The van der Waals surface area contributed by atoms with E-state index < -0.39 is 5.60 Å². The lowest BCUT2D eigenvalue weighted by Crippen LogP contribution is -2.42. The number of nitrogens with zero attached hydrogens (tertiary/aromatic N) is 3. The van der Waals surface area contributed by atoms with Crippen molar-refractivity contribution in [3.05, 3.63) is 17.4 Å². The van der Waals surface area contributed by atoms with Crippen LogP contribution in [0.1, 0.15) is 46.5 Å². The molecule has 0 bridgehead atoms. The molecule has 134 valence electrons. The van der Waals surface area contributed by atoms with Gasteiger partial charge in [-0.25, -0.2) is 9.78 Å². The van der Waals surface area contributed by atoms with Gasteiger partial charge in [0.05, 0.1) is 6.61 Å². The van der Waals surface area contributed by atoms with Crippen molar-refractivity contribution in [1.29, 1.82) is 0 Å². The molecule has 1 atom stereocenters. The Labute approximate surface area is 148 Å². The van der Waals surface area contributed by atoms with E-state index in [0.717, 1.165) is 38.8 Å². The lowest BCUT2D eigenvalue weighted by atomic mass is 9.94. The van der Waals surface area contributed by atoms with Crippen molar-refractivity contribution < 1.29 is 14.3 Å². The average molecular weight is 356 g/mol. The number of halogens is 1. The fourth-order valence-electron chi connectivity index (χ4n) is 2.72. The SMILES string of the molecule is CC(C)(C)OC(=O)N1CCC[C@@H](CCCOc2nccc(Cl)n2)C1. The highest BCUT2D eigenvalue weighted by atomic mass is 35.5. The Morgan fingerprint density at radius 2 is 2.25 bits per heavy atom. The fourth-order valence-corrected chi connectivity index (χ4v) is 2.85. The summed E-state index contributed by atoms with van der Waals surface area (Å²) >= 11 is 5.79. The molecule has 1 amide bonds. The molecule has 1 aliphatic heterocycles. The van der Waals surface area contributed by atoms with Crippen molar-refractivity contribution in [3.8, 4) is 6.01 Å². The average Bonchev–Trinajstić information content (AvgIpc) is 2.50. The number of amides is 1. The highest BCUT2D eigenvalue weighted by molar-refractivity contribution is 6.29. The van der Waals surface area contributed by atoms with Crippen LogP contribution in [0.3, 0.4) is 0 Å². The first-order valence-corrected chi connectivity index (χ1v) is 8.80. The number of carbonyl (C=O) groups is 1. The molecule has 0 spiro atoms. The zero-order valence-electron chi connectivity index (χ0n) is 14.6. The van der Waals surface area contributed by atoms with Crippen LogP contribution >= 0.6 is 11.6 Å². The molecule has 7 heteroatoms. The van der Waals surface area contributed by atoms with Gasteiger partial charge >= 0.3 is 12.1 Å². The number of aromatic nitrogens is 2. The first-order valence-electron chi connectivity index (χ1n) is 8.43. The van der Waals surface area contributed by atoms with Gasteiger partial charge in [-0.3, -0.25) is 0 Å². The van der Waals surface area contributed by atoms with Crippen LogP contribution in [0.2, 0.25) is 5.15 Å². The summed E-state index contributed by atoms with van der Waals surface area (Å²) in [5, 5.41) is 0.375. The van der Waals surface area contributed by atoms with Gasteiger partial charge in [0.25, 0.3) is 0 Å². The molecule has 1 aliphatic rings. The topological polar surface area (TPSA) is 64.5 Å². The Balaban J connectivity index is 1.70. The van der Waals surface area contributed by atoms with Crippen molar-refractivity contribution in [2.75, 3.05) is 19.7 Å². The minimum Gasteiger partial charge on any atom is -0.463 e. The molecular weight excluding hydrogens is 330 g/mol. The predicted molar refractivity (Wildman–Crippen MR) is 92.3 cm³/mol. The Morgan fingerprint density at radius 3 is 2.96 bits per heavy atom. The predicted octanol–water partition coefficient (Wildman–Crippen LogP) is 3.94. The first kappa shape index (κ1) is 18.8. The fraction of sp³-hybridized carbons (Fsp3) is 0.706. The molecule has 2 rings (SSSR count). The standard InChI is InChI=1S/C17H26ClN3O3/c1-17(2,3)24-16(22)21-10-4-6-13(12-21)7-5-11-23-15-19-9-8-14(18)20-15/h8-9,13H,4-7,10-12H2,1-3H3/t13-/m0/s1. The Hall–Kier alpha value is -1.56. The van der Waals surface area contributed by atoms with Crippen molar-refractivity contribution >= 4 is 17.7 Å². The van der Waals surface area contributed by atoms with Crippen LogP contribution in [-0.2, 0) is 4.74 Å². The van der Waals surface area contributed by atoms with Crippen LogP contribution in [0.15, 0.2) is 12.3 Å². The normalized spacial score (nSPS) is 18.3. The van der Waals surface area contributed by atoms with Crippen molar-refractivity contribution in [1.82, 2.24) is 14.9 Å². The Kier molecular flexibility index (Phi) is 6.66. The molecule has 1 aromatic rings. The van der Waals surface area contributed by atoms with Crippen LogP contribution < -0.4 is 4.74 Å². The molecule has 2 heterocycles. The molecule has 1 saturated heterocycles. The van der Waals surface area contributed by atoms with E-state index >= 15 is 0 Å². The molecule has 0 N–H and O–H groups in total. The lowest BCUT2D eigenvalue weighted by Gasteiger charge is -2.34. The van der Waals surface area contributed by atoms with E-state index in [9.17, 15) is 4.79 Å². The second-order valence-corrected chi connectivity index (χ2v) is 7.47. The van der Waals surface area contributed by atoms with E-state index in [4.69, 9.17) is 21.1 Å². The lowest BCUT2D eigenvalue weighted by molar-refractivity contribution is 0.0159. The second kappa shape index (κ2) is 8.51. The third kappa shape index (κ3) is 6.51. The van der Waals surface area contributed by atoms with Crippen molar-refractivity contribution in [2.24, 2.45) is 5.92 Å². The molecule has 0 aliphatic carbocycles. The number of carbonyl (C=O) groups excluding carboxylic acids is 1. The van der Waals surface area contributed by atoms with E-state index in [-0.39, 0.29) is 6.09 Å². The smallest absolute Gasteiger partial charge is 0.410 e. The van der Waals surface area contributed by atoms with Gasteiger partial charge in [0.2, 0.25) is 0 Å². The summed E-state index contributed by atoms with van der Waals surface area (Å²) in [6.07, 6.45) is 5.40. The van der Waals surface area contributed by atoms with Crippen LogP contribution in [0, 0.1) is 5.92 Å². The molecule has 6 nitrogen and oxygen atoms in total. The Bertz CT molecular complexity index is 548. The van der Waals surface area contributed by atoms with Gasteiger partial charge < -0.3 is 14.4 Å². The summed E-state index contributed by atoms with van der Waals surface area (Å²) in [7, 11) is 0. The first-order chi connectivity index (χ1) is 11.3. The van der Waals surface area contributed by atoms with Gasteiger partial charge in [-0.1, -0.05) is 11.6 Å². The summed E-state index contributed by atoms with van der Waals surface area (Å²) < 4.78 is 11.0. The zero-order chi connectivity index (χ0) is 17.6. The summed E-state index contributed by atoms with van der Waals surface area (Å²) in [6, 6.07) is 1.92. The van der Waals surface area contributed by atoms with Crippen molar-refractivity contribution in [2.45, 2.75) is 52.1 Å². The maximum Gasteiger partial charge on any atom is 0.410 e. The zero-order valence-corrected chi connectivity index (χ0v) is 15.4. The van der Waals surface area contributed by atoms with Gasteiger partial charge in [0, 0.05) is 19.3 Å². The van der Waals surface area contributed by atoms with Gasteiger partial charge in [0.1, 0.15) is 10.8 Å². The molecular formula is C17H26ClN3O3. The van der Waals surface area contributed by atoms with E-state index in [1.807, 2.05) is 25.7 Å². The monoisotopic (exact) mass is 355 g/mol. The number of likely N-dealkylation sites (tertiary alicyclic amines) is 1. The minimum atomic E-state index is -0.450. The van der Waals surface area contributed by atoms with Gasteiger partial charge in [-0.05, 0) is 58.4 Å². The summed E-state index contributed by atoms with van der Waals surface area (Å²) in [6.45, 7) is 7.74. The molecule has 24 heavy (non-hydrogen) atoms. The maximum atomic E-state index is 12.2. The van der Waals surface area contributed by atoms with Gasteiger partial charge in [0.15, 0.2) is 0 Å². The summed E-state index contributed by atoms with van der Waals surface area (Å²) in [5.41, 5.74) is -0.450. The second-order valence-electron chi connectivity index (χ2n) is 7.09.